The average molecular weight is 276 g/mol. The molecule has 2 N–H and O–H groups in total. The van der Waals surface area contributed by atoms with Crippen molar-refractivity contribution in [1.82, 2.24) is 0 Å². The molecule has 0 bridgehead atoms. The molecular formula is C15H32O4. The molecule has 1 atom stereocenters. The van der Waals surface area contributed by atoms with E-state index >= 15 is 0 Å². The Labute approximate surface area is 118 Å². The van der Waals surface area contributed by atoms with Crippen LogP contribution in [0, 0.1) is 0 Å². The molecule has 0 aliphatic carbocycles. The van der Waals surface area contributed by atoms with Gasteiger partial charge in [-0.2, -0.15) is 0 Å². The molecule has 0 aromatic heterocycles. The summed E-state index contributed by atoms with van der Waals surface area (Å²) in [4.78, 5) is 10.1. The lowest BCUT2D eigenvalue weighted by atomic mass is 10.1. The summed E-state index contributed by atoms with van der Waals surface area (Å²) in [6.45, 7) is 6.95. The monoisotopic (exact) mass is 276 g/mol. The summed E-state index contributed by atoms with van der Waals surface area (Å²) >= 11 is 0. The molecule has 19 heavy (non-hydrogen) atoms. The molecular weight excluding hydrogens is 244 g/mol. The minimum absolute atomic E-state index is 0.319. The fraction of sp³-hybridized carbons (Fsp3) is 0.933. The van der Waals surface area contributed by atoms with Crippen molar-refractivity contribution in [3.8, 4) is 0 Å². The number of ether oxygens (including phenoxy) is 1. The largest absolute Gasteiger partial charge is 0.481 e. The van der Waals surface area contributed by atoms with Gasteiger partial charge in [-0.3, -0.25) is 4.79 Å². The van der Waals surface area contributed by atoms with E-state index in [1.54, 1.807) is 6.92 Å². The van der Waals surface area contributed by atoms with Gasteiger partial charge in [-0.1, -0.05) is 45.4 Å². The van der Waals surface area contributed by atoms with Crippen LogP contribution in [0.15, 0.2) is 0 Å². The topological polar surface area (TPSA) is 66.8 Å². The lowest BCUT2D eigenvalue weighted by molar-refractivity contribution is -0.137. The maximum atomic E-state index is 10.1. The Hall–Kier alpha value is -0.610. The molecule has 4 nitrogen and oxygen atoms in total. The van der Waals surface area contributed by atoms with E-state index < -0.39 is 5.97 Å². The summed E-state index contributed by atoms with van der Waals surface area (Å²) < 4.78 is 4.84. The standard InChI is InChI=1S/C10H20O2.C5H12O2/c1-2-3-4-5-6-7-8-9-10(11)12;1-3-7-4-5(2)6/h2-9H2,1H3,(H,11,12);5-6H,3-4H2,1-2H3. The van der Waals surface area contributed by atoms with Crippen LogP contribution in [0.1, 0.15) is 72.1 Å². The van der Waals surface area contributed by atoms with Gasteiger partial charge in [-0.25, -0.2) is 0 Å². The molecule has 0 aliphatic heterocycles. The molecule has 0 aromatic rings. The van der Waals surface area contributed by atoms with Gasteiger partial charge in [0.25, 0.3) is 0 Å². The van der Waals surface area contributed by atoms with Crippen molar-refractivity contribution < 1.29 is 19.7 Å². The summed E-state index contributed by atoms with van der Waals surface area (Å²) in [6, 6.07) is 0. The number of carboxylic acid groups (broad SMARTS) is 1. The number of hydrogen-bond donors (Lipinski definition) is 2. The molecule has 0 radical (unpaired) electrons. The summed E-state index contributed by atoms with van der Waals surface area (Å²) in [5.74, 6) is -0.663. The van der Waals surface area contributed by atoms with Crippen LogP contribution < -0.4 is 0 Å². The molecule has 0 amide bonds. The minimum atomic E-state index is -0.663. The van der Waals surface area contributed by atoms with Gasteiger partial charge >= 0.3 is 5.97 Å². The molecule has 1 unspecified atom stereocenters. The highest BCUT2D eigenvalue weighted by atomic mass is 16.5. The Kier molecular flexibility index (Phi) is 18.9. The zero-order valence-electron chi connectivity index (χ0n) is 12.9. The lowest BCUT2D eigenvalue weighted by Crippen LogP contribution is -2.09. The number of carbonyl (C=O) groups is 1. The van der Waals surface area contributed by atoms with Crippen molar-refractivity contribution in [2.75, 3.05) is 13.2 Å². The number of aliphatic hydroxyl groups excluding tert-OH is 1. The lowest BCUT2D eigenvalue weighted by Gasteiger charge is -2.00. The SMILES string of the molecule is CCCCCCCCCC(=O)O.CCOCC(C)O. The second-order valence-corrected chi connectivity index (χ2v) is 4.77. The van der Waals surface area contributed by atoms with Crippen molar-refractivity contribution in [3.63, 3.8) is 0 Å². The molecule has 0 saturated heterocycles. The van der Waals surface area contributed by atoms with Crippen molar-refractivity contribution in [3.05, 3.63) is 0 Å². The van der Waals surface area contributed by atoms with Gasteiger partial charge < -0.3 is 14.9 Å². The Morgan fingerprint density at radius 1 is 1.05 bits per heavy atom. The number of hydrogen-bond acceptors (Lipinski definition) is 3. The first-order valence-corrected chi connectivity index (χ1v) is 7.52. The molecule has 0 spiro atoms. The minimum Gasteiger partial charge on any atom is -0.481 e. The zero-order chi connectivity index (χ0) is 14.9. The molecule has 0 rings (SSSR count). The van der Waals surface area contributed by atoms with Gasteiger partial charge in [0.05, 0.1) is 12.7 Å². The van der Waals surface area contributed by atoms with E-state index in [1.165, 1.54) is 32.1 Å². The van der Waals surface area contributed by atoms with Crippen molar-refractivity contribution in [1.29, 1.82) is 0 Å². The van der Waals surface area contributed by atoms with E-state index in [1.807, 2.05) is 6.92 Å². The highest BCUT2D eigenvalue weighted by Crippen LogP contribution is 2.07. The van der Waals surface area contributed by atoms with Crippen molar-refractivity contribution in [2.24, 2.45) is 0 Å². The van der Waals surface area contributed by atoms with Gasteiger partial charge in [0.15, 0.2) is 0 Å². The van der Waals surface area contributed by atoms with Gasteiger partial charge in [0.2, 0.25) is 0 Å². The van der Waals surface area contributed by atoms with Gasteiger partial charge in [-0.05, 0) is 20.3 Å². The van der Waals surface area contributed by atoms with Gasteiger partial charge in [0.1, 0.15) is 0 Å². The van der Waals surface area contributed by atoms with E-state index in [4.69, 9.17) is 14.9 Å². The van der Waals surface area contributed by atoms with Crippen LogP contribution in [0.3, 0.4) is 0 Å². The Balaban J connectivity index is 0. The molecule has 0 aromatic carbocycles. The molecule has 0 heterocycles. The van der Waals surface area contributed by atoms with E-state index in [0.717, 1.165) is 12.8 Å². The van der Waals surface area contributed by atoms with E-state index in [-0.39, 0.29) is 6.10 Å². The summed E-state index contributed by atoms with van der Waals surface area (Å²) in [7, 11) is 0. The second kappa shape index (κ2) is 17.4. The number of carboxylic acids is 1. The van der Waals surface area contributed by atoms with Crippen LogP contribution >= 0.6 is 0 Å². The van der Waals surface area contributed by atoms with Crippen LogP contribution in [0.4, 0.5) is 0 Å². The van der Waals surface area contributed by atoms with Crippen molar-refractivity contribution >= 4 is 5.97 Å². The number of rotatable bonds is 11. The molecule has 4 heteroatoms. The smallest absolute Gasteiger partial charge is 0.303 e. The van der Waals surface area contributed by atoms with Crippen LogP contribution in [-0.2, 0) is 9.53 Å². The first-order valence-electron chi connectivity index (χ1n) is 7.52. The maximum absolute atomic E-state index is 10.1. The van der Waals surface area contributed by atoms with Gasteiger partial charge in [0, 0.05) is 13.0 Å². The first-order chi connectivity index (χ1) is 9.04. The third-order valence-electron chi connectivity index (χ3n) is 2.56. The van der Waals surface area contributed by atoms with E-state index in [9.17, 15) is 4.79 Å². The van der Waals surface area contributed by atoms with Gasteiger partial charge in [-0.15, -0.1) is 0 Å². The third-order valence-corrected chi connectivity index (χ3v) is 2.56. The maximum Gasteiger partial charge on any atom is 0.303 e. The number of aliphatic carboxylic acids is 1. The fourth-order valence-corrected chi connectivity index (χ4v) is 1.52. The molecule has 0 aliphatic rings. The third kappa shape index (κ3) is 26.8. The van der Waals surface area contributed by atoms with Crippen LogP contribution in [0.5, 0.6) is 0 Å². The Morgan fingerprint density at radius 2 is 1.58 bits per heavy atom. The normalized spacial score (nSPS) is 11.6. The highest BCUT2D eigenvalue weighted by Gasteiger charge is 1.95. The Morgan fingerprint density at radius 3 is 1.95 bits per heavy atom. The predicted octanol–water partition coefficient (Wildman–Crippen LogP) is 3.62. The summed E-state index contributed by atoms with van der Waals surface area (Å²) in [5.41, 5.74) is 0. The zero-order valence-corrected chi connectivity index (χ0v) is 12.9. The van der Waals surface area contributed by atoms with Crippen LogP contribution in [0.25, 0.3) is 0 Å². The number of unbranched alkanes of at least 4 members (excludes halogenated alkanes) is 6. The second-order valence-electron chi connectivity index (χ2n) is 4.77. The molecule has 116 valence electrons. The van der Waals surface area contributed by atoms with E-state index in [0.29, 0.717) is 19.6 Å². The fourth-order valence-electron chi connectivity index (χ4n) is 1.52. The van der Waals surface area contributed by atoms with Crippen LogP contribution in [-0.4, -0.2) is 35.5 Å². The molecule has 0 saturated carbocycles. The average Bonchev–Trinajstić information content (AvgIpc) is 2.35. The molecule has 0 fully saturated rings. The summed E-state index contributed by atoms with van der Waals surface area (Å²) in [5, 5.41) is 16.9. The van der Waals surface area contributed by atoms with E-state index in [2.05, 4.69) is 6.92 Å². The summed E-state index contributed by atoms with van der Waals surface area (Å²) in [6.07, 6.45) is 8.32. The number of aliphatic hydroxyl groups is 1. The quantitative estimate of drug-likeness (QED) is 0.566. The van der Waals surface area contributed by atoms with Crippen LogP contribution in [0.2, 0.25) is 0 Å². The predicted molar refractivity (Wildman–Crippen MR) is 78.4 cm³/mol. The Bertz CT molecular complexity index is 181. The first kappa shape index (κ1) is 20.7. The highest BCUT2D eigenvalue weighted by molar-refractivity contribution is 5.66. The van der Waals surface area contributed by atoms with Crippen molar-refractivity contribution in [2.45, 2.75) is 78.2 Å².